The molecule has 1 unspecified atom stereocenters. The van der Waals surface area contributed by atoms with Crippen molar-refractivity contribution in [3.8, 4) is 0 Å². The number of ketones is 1. The Labute approximate surface area is 62.8 Å². The van der Waals surface area contributed by atoms with Crippen molar-refractivity contribution < 1.29 is 4.79 Å². The van der Waals surface area contributed by atoms with Crippen LogP contribution in [0.15, 0.2) is 0 Å². The molecule has 1 rings (SSSR count). The summed E-state index contributed by atoms with van der Waals surface area (Å²) in [6.45, 7) is 6.39. The number of carbonyl (C=O) groups excluding carboxylic acids is 1. The highest BCUT2D eigenvalue weighted by Crippen LogP contribution is 2.40. The van der Waals surface area contributed by atoms with E-state index in [1.165, 1.54) is 0 Å². The minimum absolute atomic E-state index is 0.0139. The standard InChI is InChI=1S/C9H16O/c1-7(2)9(3)6-4-5-8(9)10/h7H,4-6H2,1-3H3. The van der Waals surface area contributed by atoms with Gasteiger partial charge in [-0.3, -0.25) is 4.79 Å². The van der Waals surface area contributed by atoms with Crippen molar-refractivity contribution in [2.24, 2.45) is 11.3 Å². The molecule has 0 bridgehead atoms. The summed E-state index contributed by atoms with van der Waals surface area (Å²) >= 11 is 0. The van der Waals surface area contributed by atoms with Crippen molar-refractivity contribution in [2.75, 3.05) is 0 Å². The van der Waals surface area contributed by atoms with Crippen LogP contribution in [0.1, 0.15) is 40.0 Å². The van der Waals surface area contributed by atoms with Crippen molar-refractivity contribution in [1.29, 1.82) is 0 Å². The van der Waals surface area contributed by atoms with Gasteiger partial charge < -0.3 is 0 Å². The fourth-order valence-electron chi connectivity index (χ4n) is 1.65. The number of rotatable bonds is 1. The number of carbonyl (C=O) groups is 1. The van der Waals surface area contributed by atoms with Crippen molar-refractivity contribution in [3.63, 3.8) is 0 Å². The van der Waals surface area contributed by atoms with E-state index in [0.29, 0.717) is 11.7 Å². The summed E-state index contributed by atoms with van der Waals surface area (Å²) in [7, 11) is 0. The van der Waals surface area contributed by atoms with E-state index in [0.717, 1.165) is 19.3 Å². The molecule has 1 aliphatic carbocycles. The lowest BCUT2D eigenvalue weighted by Crippen LogP contribution is -2.27. The summed E-state index contributed by atoms with van der Waals surface area (Å²) in [6, 6.07) is 0. The van der Waals surface area contributed by atoms with Gasteiger partial charge in [-0.15, -0.1) is 0 Å². The monoisotopic (exact) mass is 140 g/mol. The summed E-state index contributed by atoms with van der Waals surface area (Å²) in [5.74, 6) is 0.991. The molecular formula is C9H16O. The molecule has 0 aromatic heterocycles. The molecule has 0 amide bonds. The average Bonchev–Trinajstić information content (AvgIpc) is 2.15. The normalized spacial score (nSPS) is 33.8. The third kappa shape index (κ3) is 0.979. The molecule has 0 N–H and O–H groups in total. The summed E-state index contributed by atoms with van der Waals surface area (Å²) in [6.07, 6.45) is 3.02. The third-order valence-corrected chi connectivity index (χ3v) is 3.01. The van der Waals surface area contributed by atoms with E-state index < -0.39 is 0 Å². The zero-order valence-corrected chi connectivity index (χ0v) is 7.11. The Balaban J connectivity index is 2.75. The molecule has 1 atom stereocenters. The first-order valence-corrected chi connectivity index (χ1v) is 4.10. The van der Waals surface area contributed by atoms with Crippen molar-refractivity contribution in [2.45, 2.75) is 40.0 Å². The Morgan fingerprint density at radius 1 is 1.50 bits per heavy atom. The maximum atomic E-state index is 11.3. The quantitative estimate of drug-likeness (QED) is 0.546. The van der Waals surface area contributed by atoms with E-state index in [4.69, 9.17) is 0 Å². The number of Topliss-reactive ketones (excluding diaryl/α,β-unsaturated/α-hetero) is 1. The van der Waals surface area contributed by atoms with Crippen molar-refractivity contribution >= 4 is 5.78 Å². The van der Waals surface area contributed by atoms with Gasteiger partial charge in [0.15, 0.2) is 0 Å². The summed E-state index contributed by atoms with van der Waals surface area (Å²) in [5, 5.41) is 0. The van der Waals surface area contributed by atoms with Gasteiger partial charge in [0, 0.05) is 11.8 Å². The Morgan fingerprint density at radius 3 is 2.30 bits per heavy atom. The van der Waals surface area contributed by atoms with Crippen LogP contribution in [0.3, 0.4) is 0 Å². The first kappa shape index (κ1) is 7.77. The molecule has 0 saturated heterocycles. The summed E-state index contributed by atoms with van der Waals surface area (Å²) in [4.78, 5) is 11.3. The highest BCUT2D eigenvalue weighted by atomic mass is 16.1. The lowest BCUT2D eigenvalue weighted by atomic mass is 9.77. The highest BCUT2D eigenvalue weighted by Gasteiger charge is 2.39. The molecule has 0 aromatic rings. The zero-order valence-electron chi connectivity index (χ0n) is 7.11. The minimum Gasteiger partial charge on any atom is -0.299 e. The molecule has 58 valence electrons. The van der Waals surface area contributed by atoms with Crippen LogP contribution in [-0.2, 0) is 4.79 Å². The molecular weight excluding hydrogens is 124 g/mol. The average molecular weight is 140 g/mol. The molecule has 10 heavy (non-hydrogen) atoms. The number of hydrogen-bond acceptors (Lipinski definition) is 1. The molecule has 0 heterocycles. The molecule has 1 fully saturated rings. The van der Waals surface area contributed by atoms with E-state index in [1.807, 2.05) is 0 Å². The van der Waals surface area contributed by atoms with E-state index in [-0.39, 0.29) is 5.41 Å². The zero-order chi connectivity index (χ0) is 7.78. The van der Waals surface area contributed by atoms with Crippen LogP contribution in [-0.4, -0.2) is 5.78 Å². The first-order valence-electron chi connectivity index (χ1n) is 4.10. The van der Waals surface area contributed by atoms with E-state index >= 15 is 0 Å². The smallest absolute Gasteiger partial charge is 0.139 e. The maximum Gasteiger partial charge on any atom is 0.139 e. The Hall–Kier alpha value is -0.330. The molecule has 0 aromatic carbocycles. The predicted molar refractivity (Wildman–Crippen MR) is 41.8 cm³/mol. The number of hydrogen-bond donors (Lipinski definition) is 0. The van der Waals surface area contributed by atoms with Crippen LogP contribution < -0.4 is 0 Å². The largest absolute Gasteiger partial charge is 0.299 e. The van der Waals surface area contributed by atoms with E-state index in [9.17, 15) is 4.79 Å². The molecule has 1 nitrogen and oxygen atoms in total. The van der Waals surface area contributed by atoms with E-state index in [1.54, 1.807) is 0 Å². The van der Waals surface area contributed by atoms with Gasteiger partial charge in [-0.25, -0.2) is 0 Å². The Bertz CT molecular complexity index is 149. The predicted octanol–water partition coefficient (Wildman–Crippen LogP) is 2.40. The van der Waals surface area contributed by atoms with Gasteiger partial charge in [-0.05, 0) is 18.8 Å². The first-order chi connectivity index (χ1) is 4.57. The summed E-state index contributed by atoms with van der Waals surface area (Å²) < 4.78 is 0. The molecule has 1 saturated carbocycles. The Kier molecular flexibility index (Phi) is 1.84. The van der Waals surface area contributed by atoms with Crippen molar-refractivity contribution in [1.82, 2.24) is 0 Å². The minimum atomic E-state index is 0.0139. The second-order valence-corrected chi connectivity index (χ2v) is 3.85. The van der Waals surface area contributed by atoms with Crippen LogP contribution in [0.5, 0.6) is 0 Å². The van der Waals surface area contributed by atoms with Gasteiger partial charge in [0.05, 0.1) is 0 Å². The molecule has 1 heteroatoms. The molecule has 1 aliphatic rings. The van der Waals surface area contributed by atoms with Crippen LogP contribution >= 0.6 is 0 Å². The molecule has 0 aliphatic heterocycles. The molecule has 0 spiro atoms. The van der Waals surface area contributed by atoms with Gasteiger partial charge >= 0.3 is 0 Å². The van der Waals surface area contributed by atoms with Gasteiger partial charge in [0.2, 0.25) is 0 Å². The van der Waals surface area contributed by atoms with Crippen LogP contribution in [0.25, 0.3) is 0 Å². The van der Waals surface area contributed by atoms with Crippen molar-refractivity contribution in [3.05, 3.63) is 0 Å². The molecule has 0 radical (unpaired) electrons. The lowest BCUT2D eigenvalue weighted by Gasteiger charge is -2.26. The topological polar surface area (TPSA) is 17.1 Å². The van der Waals surface area contributed by atoms with Crippen LogP contribution in [0.4, 0.5) is 0 Å². The fraction of sp³-hybridized carbons (Fsp3) is 0.889. The van der Waals surface area contributed by atoms with Crippen LogP contribution in [0, 0.1) is 11.3 Å². The van der Waals surface area contributed by atoms with Gasteiger partial charge in [0.25, 0.3) is 0 Å². The second kappa shape index (κ2) is 2.37. The summed E-state index contributed by atoms with van der Waals surface area (Å²) in [5.41, 5.74) is 0.0139. The SMILES string of the molecule is CC(C)C1(C)CCCC1=O. The Morgan fingerprint density at radius 2 is 2.10 bits per heavy atom. The van der Waals surface area contributed by atoms with E-state index in [2.05, 4.69) is 20.8 Å². The van der Waals surface area contributed by atoms with Crippen LogP contribution in [0.2, 0.25) is 0 Å². The third-order valence-electron chi connectivity index (χ3n) is 3.01. The lowest BCUT2D eigenvalue weighted by molar-refractivity contribution is -0.126. The highest BCUT2D eigenvalue weighted by molar-refractivity contribution is 5.86. The van der Waals surface area contributed by atoms with Gasteiger partial charge in [-0.2, -0.15) is 0 Å². The van der Waals surface area contributed by atoms with Gasteiger partial charge in [0.1, 0.15) is 5.78 Å². The second-order valence-electron chi connectivity index (χ2n) is 3.85. The van der Waals surface area contributed by atoms with Gasteiger partial charge in [-0.1, -0.05) is 20.8 Å². The maximum absolute atomic E-state index is 11.3. The fourth-order valence-corrected chi connectivity index (χ4v) is 1.65.